The molecule has 2 heteroatoms. The number of hydrogen-bond donors (Lipinski definition) is 1. The SMILES string of the molecule is CCC(CC)CN(CC)CCCCCCO. The van der Waals surface area contributed by atoms with Gasteiger partial charge < -0.3 is 10.0 Å². The Labute approximate surface area is 102 Å². The highest BCUT2D eigenvalue weighted by atomic mass is 16.2. The molecule has 98 valence electrons. The highest BCUT2D eigenvalue weighted by molar-refractivity contribution is 4.63. The van der Waals surface area contributed by atoms with Gasteiger partial charge in [0.1, 0.15) is 0 Å². The number of nitrogens with zero attached hydrogens (tertiary/aromatic N) is 1. The molecule has 0 aliphatic rings. The Hall–Kier alpha value is -0.0800. The molecular formula is C14H31NO. The Morgan fingerprint density at radius 2 is 1.56 bits per heavy atom. The minimum atomic E-state index is 0.352. The number of rotatable bonds is 11. The van der Waals surface area contributed by atoms with Crippen molar-refractivity contribution in [1.29, 1.82) is 0 Å². The summed E-state index contributed by atoms with van der Waals surface area (Å²) in [5.41, 5.74) is 0. The first-order chi connectivity index (χ1) is 7.78. The van der Waals surface area contributed by atoms with Gasteiger partial charge in [-0.3, -0.25) is 0 Å². The molecule has 2 nitrogen and oxygen atoms in total. The lowest BCUT2D eigenvalue weighted by atomic mass is 10.0. The molecule has 0 aliphatic carbocycles. The first-order valence-corrected chi connectivity index (χ1v) is 7.11. The highest BCUT2D eigenvalue weighted by Gasteiger charge is 2.09. The van der Waals surface area contributed by atoms with Crippen molar-refractivity contribution in [3.63, 3.8) is 0 Å². The zero-order chi connectivity index (χ0) is 12.2. The average Bonchev–Trinajstić information content (AvgIpc) is 2.33. The lowest BCUT2D eigenvalue weighted by Gasteiger charge is -2.25. The van der Waals surface area contributed by atoms with Gasteiger partial charge in [-0.25, -0.2) is 0 Å². The number of unbranched alkanes of at least 4 members (excludes halogenated alkanes) is 3. The molecule has 0 spiro atoms. The Balaban J connectivity index is 3.57. The fourth-order valence-corrected chi connectivity index (χ4v) is 2.09. The van der Waals surface area contributed by atoms with Crippen molar-refractivity contribution >= 4 is 0 Å². The summed E-state index contributed by atoms with van der Waals surface area (Å²) in [7, 11) is 0. The standard InChI is InChI=1S/C14H31NO/c1-4-14(5-2)13-15(6-3)11-9-7-8-10-12-16/h14,16H,4-13H2,1-3H3. The average molecular weight is 229 g/mol. The van der Waals surface area contributed by atoms with E-state index in [0.29, 0.717) is 6.61 Å². The van der Waals surface area contributed by atoms with Crippen molar-refractivity contribution < 1.29 is 5.11 Å². The van der Waals surface area contributed by atoms with Crippen LogP contribution in [0.5, 0.6) is 0 Å². The van der Waals surface area contributed by atoms with Gasteiger partial charge in [0.2, 0.25) is 0 Å². The van der Waals surface area contributed by atoms with Crippen LogP contribution in [0.25, 0.3) is 0 Å². The summed E-state index contributed by atoms with van der Waals surface area (Å²) in [4.78, 5) is 2.58. The summed E-state index contributed by atoms with van der Waals surface area (Å²) < 4.78 is 0. The fourth-order valence-electron chi connectivity index (χ4n) is 2.09. The van der Waals surface area contributed by atoms with Crippen molar-refractivity contribution in [3.05, 3.63) is 0 Å². The molecule has 0 radical (unpaired) electrons. The Kier molecular flexibility index (Phi) is 11.3. The number of hydrogen-bond acceptors (Lipinski definition) is 2. The van der Waals surface area contributed by atoms with E-state index >= 15 is 0 Å². The van der Waals surface area contributed by atoms with Crippen LogP contribution in [-0.2, 0) is 0 Å². The summed E-state index contributed by atoms with van der Waals surface area (Å²) in [5.74, 6) is 0.873. The van der Waals surface area contributed by atoms with E-state index < -0.39 is 0 Å². The van der Waals surface area contributed by atoms with Gasteiger partial charge in [-0.05, 0) is 31.8 Å². The molecule has 0 saturated heterocycles. The monoisotopic (exact) mass is 229 g/mol. The van der Waals surface area contributed by atoms with Crippen LogP contribution in [0, 0.1) is 5.92 Å². The van der Waals surface area contributed by atoms with Gasteiger partial charge in [0.15, 0.2) is 0 Å². The summed E-state index contributed by atoms with van der Waals surface area (Å²) in [6, 6.07) is 0. The van der Waals surface area contributed by atoms with Crippen LogP contribution in [-0.4, -0.2) is 36.2 Å². The van der Waals surface area contributed by atoms with E-state index in [1.54, 1.807) is 0 Å². The van der Waals surface area contributed by atoms with Crippen LogP contribution in [0.2, 0.25) is 0 Å². The highest BCUT2D eigenvalue weighted by Crippen LogP contribution is 2.11. The van der Waals surface area contributed by atoms with Crippen molar-refractivity contribution in [2.45, 2.75) is 59.3 Å². The molecule has 1 N–H and O–H groups in total. The van der Waals surface area contributed by atoms with Crippen LogP contribution < -0.4 is 0 Å². The molecule has 0 aromatic heterocycles. The van der Waals surface area contributed by atoms with Crippen molar-refractivity contribution in [3.8, 4) is 0 Å². The Bertz CT molecular complexity index is 135. The second-order valence-corrected chi connectivity index (χ2v) is 4.71. The van der Waals surface area contributed by atoms with Crippen molar-refractivity contribution in [1.82, 2.24) is 4.90 Å². The maximum atomic E-state index is 8.69. The zero-order valence-corrected chi connectivity index (χ0v) is 11.5. The third kappa shape index (κ3) is 8.12. The molecule has 0 unspecified atom stereocenters. The number of aliphatic hydroxyl groups excluding tert-OH is 1. The third-order valence-corrected chi connectivity index (χ3v) is 3.50. The van der Waals surface area contributed by atoms with Crippen LogP contribution in [0.4, 0.5) is 0 Å². The summed E-state index contributed by atoms with van der Waals surface area (Å²) in [5, 5.41) is 8.69. The second kappa shape index (κ2) is 11.4. The summed E-state index contributed by atoms with van der Waals surface area (Å²) in [6.07, 6.45) is 7.31. The van der Waals surface area contributed by atoms with Gasteiger partial charge >= 0.3 is 0 Å². The minimum absolute atomic E-state index is 0.352. The maximum Gasteiger partial charge on any atom is 0.0431 e. The first-order valence-electron chi connectivity index (χ1n) is 7.11. The van der Waals surface area contributed by atoms with Gasteiger partial charge in [0.25, 0.3) is 0 Å². The zero-order valence-electron chi connectivity index (χ0n) is 11.5. The van der Waals surface area contributed by atoms with E-state index in [9.17, 15) is 0 Å². The summed E-state index contributed by atoms with van der Waals surface area (Å²) in [6.45, 7) is 10.9. The number of aliphatic hydroxyl groups is 1. The normalized spacial score (nSPS) is 11.6. The van der Waals surface area contributed by atoms with Crippen LogP contribution in [0.15, 0.2) is 0 Å². The smallest absolute Gasteiger partial charge is 0.0431 e. The predicted molar refractivity (Wildman–Crippen MR) is 71.7 cm³/mol. The summed E-state index contributed by atoms with van der Waals surface area (Å²) >= 11 is 0. The molecule has 0 bridgehead atoms. The molecule has 16 heavy (non-hydrogen) atoms. The molecular weight excluding hydrogens is 198 g/mol. The maximum absolute atomic E-state index is 8.69. The molecule has 0 saturated carbocycles. The molecule has 0 rings (SSSR count). The van der Waals surface area contributed by atoms with Gasteiger partial charge in [0, 0.05) is 13.2 Å². The topological polar surface area (TPSA) is 23.5 Å². The Morgan fingerprint density at radius 3 is 2.06 bits per heavy atom. The van der Waals surface area contributed by atoms with Crippen LogP contribution in [0.1, 0.15) is 59.3 Å². The van der Waals surface area contributed by atoms with E-state index in [4.69, 9.17) is 5.11 Å². The van der Waals surface area contributed by atoms with Gasteiger partial charge in [-0.1, -0.05) is 46.5 Å². The van der Waals surface area contributed by atoms with Gasteiger partial charge in [-0.15, -0.1) is 0 Å². The predicted octanol–water partition coefficient (Wildman–Crippen LogP) is 3.30. The molecule has 0 fully saturated rings. The van der Waals surface area contributed by atoms with Crippen molar-refractivity contribution in [2.75, 3.05) is 26.2 Å². The van der Waals surface area contributed by atoms with E-state index in [1.165, 1.54) is 51.7 Å². The van der Waals surface area contributed by atoms with Gasteiger partial charge in [0.05, 0.1) is 0 Å². The fraction of sp³-hybridized carbons (Fsp3) is 1.00. The van der Waals surface area contributed by atoms with E-state index in [0.717, 1.165) is 12.3 Å². The first kappa shape index (κ1) is 15.9. The quantitative estimate of drug-likeness (QED) is 0.550. The van der Waals surface area contributed by atoms with E-state index in [-0.39, 0.29) is 0 Å². The second-order valence-electron chi connectivity index (χ2n) is 4.71. The third-order valence-electron chi connectivity index (χ3n) is 3.50. The lowest BCUT2D eigenvalue weighted by Crippen LogP contribution is -2.30. The van der Waals surface area contributed by atoms with Crippen molar-refractivity contribution in [2.24, 2.45) is 5.92 Å². The molecule has 0 amide bonds. The molecule has 0 aromatic carbocycles. The molecule has 0 aromatic rings. The molecule has 0 heterocycles. The van der Waals surface area contributed by atoms with Crippen LogP contribution >= 0.6 is 0 Å². The minimum Gasteiger partial charge on any atom is -0.396 e. The van der Waals surface area contributed by atoms with Crippen LogP contribution in [0.3, 0.4) is 0 Å². The lowest BCUT2D eigenvalue weighted by molar-refractivity contribution is 0.227. The van der Waals surface area contributed by atoms with Gasteiger partial charge in [-0.2, -0.15) is 0 Å². The molecule has 0 atom stereocenters. The van der Waals surface area contributed by atoms with E-state index in [1.807, 2.05) is 0 Å². The molecule has 0 aliphatic heterocycles. The Morgan fingerprint density at radius 1 is 0.938 bits per heavy atom. The largest absolute Gasteiger partial charge is 0.396 e. The van der Waals surface area contributed by atoms with E-state index in [2.05, 4.69) is 25.7 Å².